The molecule has 94 valence electrons. The van der Waals surface area contributed by atoms with Gasteiger partial charge in [0.1, 0.15) is 23.9 Å². The minimum Gasteiger partial charge on any atom is -0.494 e. The molecule has 0 aliphatic rings. The molecule has 2 rings (SSSR count). The molecule has 0 atom stereocenters. The first kappa shape index (κ1) is 12.4. The Labute approximate surface area is 106 Å². The second kappa shape index (κ2) is 6.05. The van der Waals surface area contributed by atoms with Gasteiger partial charge in [0.2, 0.25) is 0 Å². The van der Waals surface area contributed by atoms with Crippen molar-refractivity contribution in [2.45, 2.75) is 13.5 Å². The first-order valence-electron chi connectivity index (χ1n) is 5.88. The third-order valence-corrected chi connectivity index (χ3v) is 2.41. The topological polar surface area (TPSA) is 18.5 Å². The normalized spacial score (nSPS) is 10.1. The van der Waals surface area contributed by atoms with E-state index in [1.54, 1.807) is 6.07 Å². The Bertz CT molecular complexity index is 511. The van der Waals surface area contributed by atoms with E-state index in [9.17, 15) is 4.39 Å². The zero-order chi connectivity index (χ0) is 12.8. The highest BCUT2D eigenvalue weighted by Crippen LogP contribution is 2.20. The summed E-state index contributed by atoms with van der Waals surface area (Å²) in [4.78, 5) is 0. The summed E-state index contributed by atoms with van der Waals surface area (Å²) in [5, 5.41) is 0. The van der Waals surface area contributed by atoms with Gasteiger partial charge in [0.05, 0.1) is 6.61 Å². The average Bonchev–Trinajstić information content (AvgIpc) is 2.37. The fraction of sp³-hybridized carbons (Fsp3) is 0.200. The second-order valence-corrected chi connectivity index (χ2v) is 3.83. The fourth-order valence-corrected chi connectivity index (χ4v) is 1.61. The van der Waals surface area contributed by atoms with Crippen molar-refractivity contribution in [3.05, 3.63) is 59.9 Å². The molecule has 0 N–H and O–H groups in total. The van der Waals surface area contributed by atoms with Gasteiger partial charge in [-0.3, -0.25) is 0 Å². The molecule has 2 aromatic rings. The molecule has 0 unspecified atom stereocenters. The largest absolute Gasteiger partial charge is 0.494 e. The maximum Gasteiger partial charge on any atom is 0.123 e. The summed E-state index contributed by atoms with van der Waals surface area (Å²) in [5.74, 6) is 1.23. The van der Waals surface area contributed by atoms with Crippen LogP contribution in [0.2, 0.25) is 0 Å². The third kappa shape index (κ3) is 3.48. The molecule has 0 saturated heterocycles. The van der Waals surface area contributed by atoms with Crippen molar-refractivity contribution in [3.8, 4) is 11.5 Å². The van der Waals surface area contributed by atoms with Crippen molar-refractivity contribution >= 4 is 0 Å². The molecule has 0 amide bonds. The molecule has 0 bridgehead atoms. The predicted octanol–water partition coefficient (Wildman–Crippen LogP) is 3.80. The summed E-state index contributed by atoms with van der Waals surface area (Å²) in [6, 6.07) is 13.8. The molecule has 2 nitrogen and oxygen atoms in total. The monoisotopic (exact) mass is 246 g/mol. The summed E-state index contributed by atoms with van der Waals surface area (Å²) in [5.41, 5.74) is 0.803. The van der Waals surface area contributed by atoms with E-state index in [1.807, 2.05) is 37.3 Å². The smallest absolute Gasteiger partial charge is 0.123 e. The first-order chi connectivity index (χ1) is 8.78. The minimum absolute atomic E-state index is 0.251. The number of ether oxygens (including phenoxy) is 2. The molecule has 0 spiro atoms. The van der Waals surface area contributed by atoms with Crippen LogP contribution in [0.25, 0.3) is 0 Å². The van der Waals surface area contributed by atoms with Gasteiger partial charge in [0.15, 0.2) is 0 Å². The first-order valence-corrected chi connectivity index (χ1v) is 5.88. The summed E-state index contributed by atoms with van der Waals surface area (Å²) in [6.07, 6.45) is 0. The molecule has 0 saturated carbocycles. The highest BCUT2D eigenvalue weighted by Gasteiger charge is 1.99. The minimum atomic E-state index is -0.251. The summed E-state index contributed by atoms with van der Waals surface area (Å²) in [6.45, 7) is 2.89. The van der Waals surface area contributed by atoms with Gasteiger partial charge in [0.25, 0.3) is 0 Å². The summed E-state index contributed by atoms with van der Waals surface area (Å²) >= 11 is 0. The number of halogens is 1. The van der Waals surface area contributed by atoms with Gasteiger partial charge in [0, 0.05) is 6.07 Å². The quantitative estimate of drug-likeness (QED) is 0.798. The Hall–Kier alpha value is -2.03. The molecular formula is C15H15FO2. The summed E-state index contributed by atoms with van der Waals surface area (Å²) < 4.78 is 23.9. The molecule has 0 fully saturated rings. The molecule has 18 heavy (non-hydrogen) atoms. The highest BCUT2D eigenvalue weighted by atomic mass is 19.1. The number of benzene rings is 2. The molecule has 0 aliphatic carbocycles. The van der Waals surface area contributed by atoms with Crippen molar-refractivity contribution in [3.63, 3.8) is 0 Å². The fourth-order valence-electron chi connectivity index (χ4n) is 1.61. The molecule has 0 heterocycles. The Balaban J connectivity index is 1.99. The SMILES string of the molecule is CCOc1cccc(OCc2cccc(F)c2)c1. The van der Waals surface area contributed by atoms with Crippen LogP contribution >= 0.6 is 0 Å². The van der Waals surface area contributed by atoms with E-state index in [2.05, 4.69) is 0 Å². The van der Waals surface area contributed by atoms with Crippen LogP contribution in [-0.2, 0) is 6.61 Å². The van der Waals surface area contributed by atoms with Crippen molar-refractivity contribution in [1.82, 2.24) is 0 Å². The Morgan fingerprint density at radius 1 is 0.944 bits per heavy atom. The lowest BCUT2D eigenvalue weighted by molar-refractivity contribution is 0.299. The molecule has 0 aliphatic heterocycles. The van der Waals surface area contributed by atoms with E-state index in [0.29, 0.717) is 19.0 Å². The number of hydrogen-bond donors (Lipinski definition) is 0. The van der Waals surface area contributed by atoms with E-state index < -0.39 is 0 Å². The molecule has 2 aromatic carbocycles. The Morgan fingerprint density at radius 2 is 1.67 bits per heavy atom. The van der Waals surface area contributed by atoms with Gasteiger partial charge >= 0.3 is 0 Å². The van der Waals surface area contributed by atoms with Gasteiger partial charge in [-0.25, -0.2) is 4.39 Å². The standard InChI is InChI=1S/C15H15FO2/c1-2-17-14-7-4-8-15(10-14)18-11-12-5-3-6-13(16)9-12/h3-10H,2,11H2,1H3. The van der Waals surface area contributed by atoms with Crippen LogP contribution in [0.5, 0.6) is 11.5 Å². The van der Waals surface area contributed by atoms with Gasteiger partial charge in [-0.2, -0.15) is 0 Å². The van der Waals surface area contributed by atoms with E-state index in [1.165, 1.54) is 12.1 Å². The van der Waals surface area contributed by atoms with Crippen molar-refractivity contribution in [1.29, 1.82) is 0 Å². The Morgan fingerprint density at radius 3 is 2.39 bits per heavy atom. The van der Waals surface area contributed by atoms with Crippen LogP contribution < -0.4 is 9.47 Å². The van der Waals surface area contributed by atoms with Crippen LogP contribution in [0.15, 0.2) is 48.5 Å². The van der Waals surface area contributed by atoms with E-state index >= 15 is 0 Å². The second-order valence-electron chi connectivity index (χ2n) is 3.83. The lowest BCUT2D eigenvalue weighted by Crippen LogP contribution is -1.97. The van der Waals surface area contributed by atoms with E-state index in [4.69, 9.17) is 9.47 Å². The average molecular weight is 246 g/mol. The molecule has 0 aromatic heterocycles. The van der Waals surface area contributed by atoms with Gasteiger partial charge in [-0.1, -0.05) is 18.2 Å². The predicted molar refractivity (Wildman–Crippen MR) is 68.3 cm³/mol. The molecule has 0 radical (unpaired) electrons. The van der Waals surface area contributed by atoms with Crippen LogP contribution in [0, 0.1) is 5.82 Å². The Kier molecular flexibility index (Phi) is 4.18. The van der Waals surface area contributed by atoms with Crippen LogP contribution in [0.1, 0.15) is 12.5 Å². The lowest BCUT2D eigenvalue weighted by atomic mass is 10.2. The summed E-state index contributed by atoms with van der Waals surface area (Å²) in [7, 11) is 0. The zero-order valence-electron chi connectivity index (χ0n) is 10.2. The lowest BCUT2D eigenvalue weighted by Gasteiger charge is -2.08. The number of rotatable bonds is 5. The third-order valence-electron chi connectivity index (χ3n) is 2.41. The zero-order valence-corrected chi connectivity index (χ0v) is 10.2. The number of hydrogen-bond acceptors (Lipinski definition) is 2. The maximum atomic E-state index is 13.0. The maximum absolute atomic E-state index is 13.0. The molecular weight excluding hydrogens is 231 g/mol. The van der Waals surface area contributed by atoms with Gasteiger partial charge in [-0.05, 0) is 36.8 Å². The van der Waals surface area contributed by atoms with Gasteiger partial charge in [-0.15, -0.1) is 0 Å². The van der Waals surface area contributed by atoms with Crippen molar-refractivity contribution in [2.24, 2.45) is 0 Å². The van der Waals surface area contributed by atoms with Crippen molar-refractivity contribution < 1.29 is 13.9 Å². The van der Waals surface area contributed by atoms with Crippen LogP contribution in [0.3, 0.4) is 0 Å². The van der Waals surface area contributed by atoms with E-state index in [-0.39, 0.29) is 5.82 Å². The van der Waals surface area contributed by atoms with Crippen LogP contribution in [0.4, 0.5) is 4.39 Å². The van der Waals surface area contributed by atoms with Gasteiger partial charge < -0.3 is 9.47 Å². The van der Waals surface area contributed by atoms with Crippen LogP contribution in [-0.4, -0.2) is 6.61 Å². The van der Waals surface area contributed by atoms with E-state index in [0.717, 1.165) is 11.3 Å². The molecule has 3 heteroatoms. The highest BCUT2D eigenvalue weighted by molar-refractivity contribution is 5.33. The van der Waals surface area contributed by atoms with Crippen molar-refractivity contribution in [2.75, 3.05) is 6.61 Å².